The van der Waals surface area contributed by atoms with Gasteiger partial charge in [0.1, 0.15) is 0 Å². The molecule has 0 N–H and O–H groups in total. The van der Waals surface area contributed by atoms with E-state index in [0.29, 0.717) is 11.8 Å². The molecule has 0 spiro atoms. The Labute approximate surface area is 67.6 Å². The van der Waals surface area contributed by atoms with Gasteiger partial charge in [0.05, 0.1) is 0 Å². The van der Waals surface area contributed by atoms with Crippen molar-refractivity contribution in [2.24, 2.45) is 5.92 Å². The van der Waals surface area contributed by atoms with Gasteiger partial charge in [-0.2, -0.15) is 0 Å². The van der Waals surface area contributed by atoms with Crippen LogP contribution >= 0.6 is 11.6 Å². The molecular weight excluding hydrogens is 144 g/mol. The quantitative estimate of drug-likeness (QED) is 0.539. The number of hydrogen-bond acceptors (Lipinski definition) is 0. The fraction of sp³-hybridized carbons (Fsp3) is 0.556. The molecule has 0 heterocycles. The van der Waals surface area contributed by atoms with Gasteiger partial charge in [-0.05, 0) is 18.8 Å². The Bertz CT molecular complexity index is 156. The largest absolute Gasteiger partial charge is 0.122 e. The first kappa shape index (κ1) is 7.87. The Kier molecular flexibility index (Phi) is 3.01. The van der Waals surface area contributed by atoms with Crippen molar-refractivity contribution in [3.63, 3.8) is 0 Å². The minimum absolute atomic E-state index is 0.697. The highest BCUT2D eigenvalue weighted by Crippen LogP contribution is 2.23. The summed E-state index contributed by atoms with van der Waals surface area (Å²) in [4.78, 5) is 0. The zero-order chi connectivity index (χ0) is 7.40. The number of hydrogen-bond donors (Lipinski definition) is 0. The van der Waals surface area contributed by atoms with Crippen LogP contribution in [0.4, 0.5) is 0 Å². The van der Waals surface area contributed by atoms with E-state index in [0.717, 1.165) is 0 Å². The van der Waals surface area contributed by atoms with Crippen molar-refractivity contribution in [2.75, 3.05) is 5.88 Å². The van der Waals surface area contributed by atoms with E-state index in [9.17, 15) is 0 Å². The summed E-state index contributed by atoms with van der Waals surface area (Å²) in [5, 5.41) is 0. The molecule has 0 aromatic carbocycles. The van der Waals surface area contributed by atoms with E-state index in [4.69, 9.17) is 11.6 Å². The SMILES string of the molecule is CCC1CC=CC=C1CCl. The van der Waals surface area contributed by atoms with Gasteiger partial charge in [0, 0.05) is 5.88 Å². The number of allylic oxidation sites excluding steroid dienone is 4. The van der Waals surface area contributed by atoms with Gasteiger partial charge in [-0.25, -0.2) is 0 Å². The lowest BCUT2D eigenvalue weighted by atomic mass is 9.91. The highest BCUT2D eigenvalue weighted by atomic mass is 35.5. The molecule has 0 amide bonds. The third kappa shape index (κ3) is 1.63. The molecule has 1 unspecified atom stereocenters. The third-order valence-electron chi connectivity index (χ3n) is 2.04. The molecule has 1 rings (SSSR count). The van der Waals surface area contributed by atoms with Crippen LogP contribution in [-0.4, -0.2) is 5.88 Å². The lowest BCUT2D eigenvalue weighted by molar-refractivity contribution is 0.596. The number of rotatable bonds is 2. The summed E-state index contributed by atoms with van der Waals surface area (Å²) in [6, 6.07) is 0. The van der Waals surface area contributed by atoms with Crippen LogP contribution in [0, 0.1) is 5.92 Å². The van der Waals surface area contributed by atoms with E-state index in [2.05, 4.69) is 25.2 Å². The molecular formula is C9H13Cl. The topological polar surface area (TPSA) is 0 Å². The molecule has 0 aliphatic heterocycles. The van der Waals surface area contributed by atoms with E-state index < -0.39 is 0 Å². The standard InChI is InChI=1S/C9H13Cl/c1-2-8-5-3-4-6-9(8)7-10/h3-4,6,8H,2,5,7H2,1H3. The minimum atomic E-state index is 0.697. The van der Waals surface area contributed by atoms with Crippen molar-refractivity contribution in [1.29, 1.82) is 0 Å². The minimum Gasteiger partial charge on any atom is -0.122 e. The van der Waals surface area contributed by atoms with Crippen LogP contribution in [0.1, 0.15) is 19.8 Å². The smallest absolute Gasteiger partial charge is 0.0439 e. The highest BCUT2D eigenvalue weighted by Gasteiger charge is 2.10. The molecule has 0 aromatic rings. The fourth-order valence-corrected chi connectivity index (χ4v) is 1.61. The van der Waals surface area contributed by atoms with E-state index >= 15 is 0 Å². The lowest BCUT2D eigenvalue weighted by Gasteiger charge is -2.17. The van der Waals surface area contributed by atoms with E-state index in [1.165, 1.54) is 18.4 Å². The normalized spacial score (nSPS) is 24.6. The molecule has 10 heavy (non-hydrogen) atoms. The van der Waals surface area contributed by atoms with Crippen molar-refractivity contribution in [3.8, 4) is 0 Å². The van der Waals surface area contributed by atoms with Crippen LogP contribution in [0.5, 0.6) is 0 Å². The maximum Gasteiger partial charge on any atom is 0.0439 e. The summed E-state index contributed by atoms with van der Waals surface area (Å²) in [6.07, 6.45) is 8.84. The zero-order valence-electron chi connectivity index (χ0n) is 6.31. The molecule has 1 heteroatoms. The van der Waals surface area contributed by atoms with Crippen LogP contribution in [0.15, 0.2) is 23.8 Å². The average Bonchev–Trinajstić information content (AvgIpc) is 2.04. The Morgan fingerprint density at radius 1 is 1.70 bits per heavy atom. The van der Waals surface area contributed by atoms with E-state index in [1.54, 1.807) is 0 Å². The summed E-state index contributed by atoms with van der Waals surface area (Å²) >= 11 is 5.75. The first-order chi connectivity index (χ1) is 4.88. The second-order valence-corrected chi connectivity index (χ2v) is 2.91. The van der Waals surface area contributed by atoms with Crippen LogP contribution in [0.25, 0.3) is 0 Å². The molecule has 0 bridgehead atoms. The molecule has 0 saturated heterocycles. The number of halogens is 1. The second kappa shape index (κ2) is 3.82. The van der Waals surface area contributed by atoms with Gasteiger partial charge < -0.3 is 0 Å². The van der Waals surface area contributed by atoms with Crippen molar-refractivity contribution in [3.05, 3.63) is 23.8 Å². The van der Waals surface area contributed by atoms with E-state index in [1.807, 2.05) is 0 Å². The maximum absolute atomic E-state index is 5.75. The third-order valence-corrected chi connectivity index (χ3v) is 2.35. The fourth-order valence-electron chi connectivity index (χ4n) is 1.30. The molecule has 0 nitrogen and oxygen atoms in total. The summed E-state index contributed by atoms with van der Waals surface area (Å²) in [6.45, 7) is 2.21. The molecule has 0 radical (unpaired) electrons. The molecule has 1 aliphatic carbocycles. The Hall–Kier alpha value is -0.230. The number of alkyl halides is 1. The predicted octanol–water partition coefficient (Wildman–Crippen LogP) is 3.14. The summed E-state index contributed by atoms with van der Waals surface area (Å²) in [5.41, 5.74) is 1.40. The van der Waals surface area contributed by atoms with Crippen molar-refractivity contribution in [1.82, 2.24) is 0 Å². The monoisotopic (exact) mass is 156 g/mol. The Balaban J connectivity index is 2.61. The van der Waals surface area contributed by atoms with Crippen LogP contribution in [-0.2, 0) is 0 Å². The molecule has 1 aliphatic rings. The molecule has 1 atom stereocenters. The van der Waals surface area contributed by atoms with E-state index in [-0.39, 0.29) is 0 Å². The molecule has 0 fully saturated rings. The molecule has 0 saturated carbocycles. The van der Waals surface area contributed by atoms with Gasteiger partial charge in [0.2, 0.25) is 0 Å². The van der Waals surface area contributed by atoms with Gasteiger partial charge >= 0.3 is 0 Å². The Morgan fingerprint density at radius 2 is 2.50 bits per heavy atom. The van der Waals surface area contributed by atoms with Gasteiger partial charge in [-0.15, -0.1) is 11.6 Å². The van der Waals surface area contributed by atoms with Crippen LogP contribution in [0.3, 0.4) is 0 Å². The van der Waals surface area contributed by atoms with Crippen LogP contribution in [0.2, 0.25) is 0 Å². The predicted molar refractivity (Wildman–Crippen MR) is 46.3 cm³/mol. The van der Waals surface area contributed by atoms with Crippen LogP contribution < -0.4 is 0 Å². The van der Waals surface area contributed by atoms with Gasteiger partial charge in [0.25, 0.3) is 0 Å². The van der Waals surface area contributed by atoms with Crippen molar-refractivity contribution >= 4 is 11.6 Å². The summed E-state index contributed by atoms with van der Waals surface area (Å²) < 4.78 is 0. The van der Waals surface area contributed by atoms with Gasteiger partial charge in [-0.1, -0.05) is 30.7 Å². The van der Waals surface area contributed by atoms with Crippen molar-refractivity contribution < 1.29 is 0 Å². The molecule has 0 aromatic heterocycles. The zero-order valence-corrected chi connectivity index (χ0v) is 7.06. The highest BCUT2D eigenvalue weighted by molar-refractivity contribution is 6.19. The lowest BCUT2D eigenvalue weighted by Crippen LogP contribution is -2.05. The Morgan fingerprint density at radius 3 is 3.00 bits per heavy atom. The van der Waals surface area contributed by atoms with Gasteiger partial charge in [-0.3, -0.25) is 0 Å². The van der Waals surface area contributed by atoms with Crippen molar-refractivity contribution in [2.45, 2.75) is 19.8 Å². The summed E-state index contributed by atoms with van der Waals surface area (Å²) in [5.74, 6) is 1.41. The second-order valence-electron chi connectivity index (χ2n) is 2.64. The average molecular weight is 157 g/mol. The first-order valence-electron chi connectivity index (χ1n) is 3.80. The first-order valence-corrected chi connectivity index (χ1v) is 4.33. The summed E-state index contributed by atoms with van der Waals surface area (Å²) in [7, 11) is 0. The molecule has 56 valence electrons. The maximum atomic E-state index is 5.75. The van der Waals surface area contributed by atoms with Gasteiger partial charge in [0.15, 0.2) is 0 Å².